The molecule has 0 bridgehead atoms. The monoisotopic (exact) mass is 1230 g/mol. The number of aliphatic hydroxyl groups excluding tert-OH is 14. The Hall–Kier alpha value is -1.34. The van der Waals surface area contributed by atoms with Crippen LogP contribution in [0.2, 0.25) is 0 Å². The van der Waals surface area contributed by atoms with Crippen LogP contribution in [0.1, 0.15) is 114 Å². The second kappa shape index (κ2) is 26.3. The maximum absolute atomic E-state index is 13.0. The van der Waals surface area contributed by atoms with E-state index in [4.69, 9.17) is 52.1 Å². The molecule has 9 aliphatic rings. The summed E-state index contributed by atoms with van der Waals surface area (Å²) in [6.07, 6.45) is -32.5. The highest BCUT2D eigenvalue weighted by Gasteiger charge is 2.75. The molecule has 16 N–H and O–H groups in total. The first-order valence-corrected chi connectivity index (χ1v) is 30.6. The van der Waals surface area contributed by atoms with Gasteiger partial charge in [0.25, 0.3) is 0 Å². The van der Waals surface area contributed by atoms with E-state index < -0.39 is 202 Å². The molecule has 6 aliphatic heterocycles. The molecule has 492 valence electrons. The molecule has 36 atom stereocenters. The van der Waals surface area contributed by atoms with Crippen LogP contribution in [0.25, 0.3) is 0 Å². The predicted molar refractivity (Wildman–Crippen MR) is 288 cm³/mol. The van der Waals surface area contributed by atoms with E-state index >= 15 is 0 Å². The van der Waals surface area contributed by atoms with E-state index in [0.29, 0.717) is 32.1 Å². The molecule has 0 aromatic carbocycles. The normalized spacial score (nSPS) is 54.4. The minimum absolute atomic E-state index is 0.0399. The van der Waals surface area contributed by atoms with Gasteiger partial charge in [-0.25, -0.2) is 0 Å². The summed E-state index contributed by atoms with van der Waals surface area (Å²) in [6, 6.07) is 0. The van der Waals surface area contributed by atoms with Crippen LogP contribution in [0.3, 0.4) is 0 Å². The Morgan fingerprint density at radius 3 is 1.69 bits per heavy atom. The number of rotatable bonds is 19. The highest BCUT2D eigenvalue weighted by Crippen LogP contribution is 2.71. The first-order chi connectivity index (χ1) is 39.9. The Bertz CT molecular complexity index is 2240. The van der Waals surface area contributed by atoms with Crippen LogP contribution in [-0.4, -0.2) is 279 Å². The van der Waals surface area contributed by atoms with E-state index in [1.54, 1.807) is 0 Å². The molecule has 3 aliphatic carbocycles. The molecule has 0 radical (unpaired) electrons. The van der Waals surface area contributed by atoms with Crippen molar-refractivity contribution in [2.24, 2.45) is 40.4 Å². The van der Waals surface area contributed by atoms with Gasteiger partial charge in [0.1, 0.15) is 109 Å². The van der Waals surface area contributed by atoms with Crippen LogP contribution >= 0.6 is 0 Å². The largest absolute Gasteiger partial charge is 0.394 e. The zero-order valence-electron chi connectivity index (χ0n) is 50.0. The van der Waals surface area contributed by atoms with E-state index in [0.717, 1.165) is 12.8 Å². The van der Waals surface area contributed by atoms with E-state index in [9.17, 15) is 81.7 Å². The lowest BCUT2D eigenvalue weighted by atomic mass is 9.47. The van der Waals surface area contributed by atoms with Gasteiger partial charge in [-0.3, -0.25) is 0 Å². The smallest absolute Gasteiger partial charge is 0.187 e. The van der Waals surface area contributed by atoms with Crippen LogP contribution in [-0.2, 0) is 52.1 Å². The molecule has 6 saturated heterocycles. The lowest BCUT2D eigenvalue weighted by Gasteiger charge is -2.58. The van der Waals surface area contributed by atoms with Crippen molar-refractivity contribution >= 4 is 0 Å². The van der Waals surface area contributed by atoms with Gasteiger partial charge >= 0.3 is 0 Å². The molecule has 5 unspecified atom stereocenters. The van der Waals surface area contributed by atoms with Crippen molar-refractivity contribution in [2.45, 2.75) is 291 Å². The SMILES string of the molecule is CC1=CCC2C(CC[C@@]3(C)C2CC2O[C@](O)(CCC(C)CO[C@@H]4O[C@H](CO)[C@@H](O)[C@H](O)[C@H]4O)[C@@H](C)[C@@]23O)[C@@]1(C)CC[C@@H](C)O[C@@H]1O[C@H](CO)[C@@H](O[C@@H]2O[C@@H](C)[C@H](O[C@@H]3O[C@@H](C)[C@H](O)[C@@H](O)[C@H]3O)[C@@H](O)[C@H]2O)[C@H](O)[C@H]1O[C@@H]1O[C@@H](C)[C@H](O)[C@@H](O)[C@H]1O. The molecule has 2 saturated carbocycles. The average Bonchev–Trinajstić information content (AvgIpc) is 1.53. The first-order valence-electron chi connectivity index (χ1n) is 30.6. The van der Waals surface area contributed by atoms with Crippen molar-refractivity contribution in [1.29, 1.82) is 0 Å². The topological polar surface area (TPSA) is 425 Å². The van der Waals surface area contributed by atoms with Gasteiger partial charge in [0.15, 0.2) is 37.2 Å². The van der Waals surface area contributed by atoms with Gasteiger partial charge < -0.3 is 134 Å². The first kappa shape index (κ1) is 68.0. The van der Waals surface area contributed by atoms with Crippen LogP contribution in [0.5, 0.6) is 0 Å². The van der Waals surface area contributed by atoms with Gasteiger partial charge in [-0.1, -0.05) is 39.3 Å². The summed E-state index contributed by atoms with van der Waals surface area (Å²) in [5.74, 6) is -2.14. The third-order valence-electron chi connectivity index (χ3n) is 21.7. The number of fused-ring (bicyclic) bond motifs is 5. The maximum atomic E-state index is 13.0. The van der Waals surface area contributed by atoms with E-state index in [1.807, 2.05) is 20.8 Å². The Kier molecular flexibility index (Phi) is 21.1. The van der Waals surface area contributed by atoms with E-state index in [2.05, 4.69) is 26.8 Å². The third-order valence-corrected chi connectivity index (χ3v) is 21.7. The number of hydrogen-bond donors (Lipinski definition) is 16. The molecule has 27 heteroatoms. The Morgan fingerprint density at radius 1 is 0.565 bits per heavy atom. The Balaban J connectivity index is 0.844. The van der Waals surface area contributed by atoms with Gasteiger partial charge in [-0.05, 0) is 109 Å². The van der Waals surface area contributed by atoms with Gasteiger partial charge in [0.05, 0.1) is 50.3 Å². The second-order valence-electron chi connectivity index (χ2n) is 26.8. The standard InChI is InChI=1S/C58H98O27/c1-22(21-75-50-42(68)40(66)37(63)32(19-59)80-50)12-17-57(73)28(7)58(74)34(85-57)18-31-29-11-10-23(2)55(8,30(29)14-16-56(31,58)9)15-13-24(3)76-54-49(84-52-44(70)39(65)36(62)26(5)78-52)46(72)48(33(20-60)81-54)83-53-45(71)41(67)47(27(6)79-53)82-51-43(69)38(64)35(61)25(4)77-51/h10,22,24-54,59-74H,11-21H2,1-9H3/t22?,24-,25+,26+,27+,28-,29?,30?,31?,32-,33-,34?,35+,36+,37-,38-,39-,40+,41+,42-,43-,44-,45-,46+,47+,48-,49-,50-,51+,52+,53+,54-,55+,56+,57-,58-/m1/s1. The molecule has 85 heavy (non-hydrogen) atoms. The summed E-state index contributed by atoms with van der Waals surface area (Å²) in [5, 5.41) is 175. The molecular formula is C58H98O27. The number of allylic oxidation sites excluding steroid dienone is 2. The minimum atomic E-state index is -1.90. The fourth-order valence-electron chi connectivity index (χ4n) is 15.8. The number of ether oxygens (including phenoxy) is 11. The summed E-state index contributed by atoms with van der Waals surface area (Å²) >= 11 is 0. The lowest BCUT2D eigenvalue weighted by Crippen LogP contribution is -2.67. The lowest BCUT2D eigenvalue weighted by molar-refractivity contribution is -0.393. The van der Waals surface area contributed by atoms with Gasteiger partial charge in [-0.15, -0.1) is 0 Å². The van der Waals surface area contributed by atoms with Gasteiger partial charge in [0, 0.05) is 17.8 Å². The molecular weight excluding hydrogens is 1130 g/mol. The Labute approximate surface area is 495 Å². The summed E-state index contributed by atoms with van der Waals surface area (Å²) in [4.78, 5) is 0. The van der Waals surface area contributed by atoms with Crippen LogP contribution in [0.15, 0.2) is 11.6 Å². The molecule has 8 fully saturated rings. The van der Waals surface area contributed by atoms with Crippen LogP contribution < -0.4 is 0 Å². The van der Waals surface area contributed by atoms with Crippen molar-refractivity contribution in [3.8, 4) is 0 Å². The molecule has 27 nitrogen and oxygen atoms in total. The number of hydrogen-bond acceptors (Lipinski definition) is 27. The quantitative estimate of drug-likeness (QED) is 0.0561. The molecule has 0 amide bonds. The fraction of sp³-hybridized carbons (Fsp3) is 0.966. The third kappa shape index (κ3) is 12.4. The van der Waals surface area contributed by atoms with Crippen molar-refractivity contribution in [2.75, 3.05) is 19.8 Å². The minimum Gasteiger partial charge on any atom is -0.394 e. The maximum Gasteiger partial charge on any atom is 0.187 e. The number of aliphatic hydroxyl groups is 16. The molecule has 0 spiro atoms. The fourth-order valence-corrected chi connectivity index (χ4v) is 15.8. The van der Waals surface area contributed by atoms with Crippen molar-refractivity contribution in [3.63, 3.8) is 0 Å². The molecule has 0 aromatic rings. The molecule has 0 aromatic heterocycles. The summed E-state index contributed by atoms with van der Waals surface area (Å²) in [7, 11) is 0. The predicted octanol–water partition coefficient (Wildman–Crippen LogP) is -3.38. The summed E-state index contributed by atoms with van der Waals surface area (Å²) in [5.41, 5.74) is -1.13. The van der Waals surface area contributed by atoms with Gasteiger partial charge in [0.2, 0.25) is 0 Å². The highest BCUT2D eigenvalue weighted by atomic mass is 16.8. The van der Waals surface area contributed by atoms with Crippen molar-refractivity contribution in [1.82, 2.24) is 0 Å². The van der Waals surface area contributed by atoms with Crippen molar-refractivity contribution < 1.29 is 134 Å². The molecule has 9 rings (SSSR count). The zero-order valence-corrected chi connectivity index (χ0v) is 50.0. The Morgan fingerprint density at radius 2 is 1.09 bits per heavy atom. The zero-order chi connectivity index (χ0) is 62.3. The van der Waals surface area contributed by atoms with Gasteiger partial charge in [-0.2, -0.15) is 0 Å². The average molecular weight is 1230 g/mol. The summed E-state index contributed by atoms with van der Waals surface area (Å²) < 4.78 is 66.2. The van der Waals surface area contributed by atoms with Crippen molar-refractivity contribution in [3.05, 3.63) is 11.6 Å². The highest BCUT2D eigenvalue weighted by molar-refractivity contribution is 5.26. The van der Waals surface area contributed by atoms with E-state index in [-0.39, 0.29) is 42.1 Å². The molecule has 6 heterocycles. The van der Waals surface area contributed by atoms with Crippen LogP contribution in [0, 0.1) is 40.4 Å². The summed E-state index contributed by atoms with van der Waals surface area (Å²) in [6.45, 7) is 15.1. The van der Waals surface area contributed by atoms with Crippen LogP contribution in [0.4, 0.5) is 0 Å². The van der Waals surface area contributed by atoms with E-state index in [1.165, 1.54) is 26.3 Å². The second-order valence-corrected chi connectivity index (χ2v) is 26.8.